The van der Waals surface area contributed by atoms with E-state index < -0.39 is 0 Å². The second kappa shape index (κ2) is 5.48. The topological polar surface area (TPSA) is 110 Å². The Morgan fingerprint density at radius 3 is 2.58 bits per heavy atom. The maximum absolute atomic E-state index is 5.34. The Kier molecular flexibility index (Phi) is 3.76. The maximum Gasteiger partial charge on any atom is 0.243 e. The monoisotopic (exact) mass is 263 g/mol. The highest BCUT2D eigenvalue weighted by Gasteiger charge is 2.07. The third kappa shape index (κ3) is 3.07. The van der Waals surface area contributed by atoms with Crippen LogP contribution in [-0.2, 0) is 13.6 Å². The minimum atomic E-state index is 0.311. The van der Waals surface area contributed by atoms with Gasteiger partial charge in [-0.05, 0) is 6.07 Å². The molecule has 0 atom stereocenters. The summed E-state index contributed by atoms with van der Waals surface area (Å²) in [7, 11) is 5.57. The van der Waals surface area contributed by atoms with Crippen LogP contribution in [-0.4, -0.2) is 38.8 Å². The van der Waals surface area contributed by atoms with Gasteiger partial charge in [-0.1, -0.05) is 0 Å². The lowest BCUT2D eigenvalue weighted by Crippen LogP contribution is -2.19. The number of hydrogen-bond acceptors (Lipinski definition) is 8. The minimum Gasteiger partial charge on any atom is -0.348 e. The van der Waals surface area contributed by atoms with Gasteiger partial charge in [0.1, 0.15) is 0 Å². The zero-order valence-electron chi connectivity index (χ0n) is 11.1. The van der Waals surface area contributed by atoms with E-state index >= 15 is 0 Å². The molecule has 2 heterocycles. The third-order valence-corrected chi connectivity index (χ3v) is 2.50. The van der Waals surface area contributed by atoms with E-state index in [0.29, 0.717) is 24.4 Å². The molecule has 0 aliphatic heterocycles. The molecule has 102 valence electrons. The Balaban J connectivity index is 2.15. The van der Waals surface area contributed by atoms with Crippen molar-refractivity contribution in [1.29, 1.82) is 0 Å². The lowest BCUT2D eigenvalue weighted by molar-refractivity contribution is 0.718. The van der Waals surface area contributed by atoms with Crippen LogP contribution in [0.25, 0.3) is 0 Å². The molecule has 2 rings (SSSR count). The number of nitrogen functional groups attached to an aromatic ring is 1. The molecule has 0 amide bonds. The van der Waals surface area contributed by atoms with Gasteiger partial charge >= 0.3 is 0 Å². The van der Waals surface area contributed by atoms with Crippen LogP contribution < -0.4 is 21.5 Å². The van der Waals surface area contributed by atoms with Gasteiger partial charge in [0, 0.05) is 27.3 Å². The second-order valence-electron chi connectivity index (χ2n) is 4.12. The fourth-order valence-corrected chi connectivity index (χ4v) is 1.45. The summed E-state index contributed by atoms with van der Waals surface area (Å²) >= 11 is 0. The molecule has 0 aliphatic rings. The quantitative estimate of drug-likeness (QED) is 0.492. The van der Waals surface area contributed by atoms with Crippen LogP contribution in [0.4, 0.5) is 17.8 Å². The average Bonchev–Trinajstić information content (AvgIpc) is 2.81. The Labute approximate surface area is 110 Å². The van der Waals surface area contributed by atoms with Gasteiger partial charge in [0.2, 0.25) is 17.8 Å². The highest BCUT2D eigenvalue weighted by molar-refractivity contribution is 5.42. The number of anilines is 3. The molecule has 2 aromatic rings. The molecule has 9 nitrogen and oxygen atoms in total. The third-order valence-electron chi connectivity index (χ3n) is 2.50. The van der Waals surface area contributed by atoms with E-state index in [-0.39, 0.29) is 0 Å². The van der Waals surface area contributed by atoms with Crippen molar-refractivity contribution >= 4 is 17.8 Å². The summed E-state index contributed by atoms with van der Waals surface area (Å²) in [4.78, 5) is 14.3. The first-order valence-electron chi connectivity index (χ1n) is 5.71. The number of nitrogens with zero attached hydrogens (tertiary/aromatic N) is 6. The van der Waals surface area contributed by atoms with Crippen molar-refractivity contribution in [2.75, 3.05) is 29.7 Å². The van der Waals surface area contributed by atoms with Gasteiger partial charge in [-0.15, -0.1) is 0 Å². The summed E-state index contributed by atoms with van der Waals surface area (Å²) in [5, 5.41) is 7.20. The zero-order chi connectivity index (χ0) is 13.8. The van der Waals surface area contributed by atoms with E-state index in [1.165, 1.54) is 0 Å². The lowest BCUT2D eigenvalue weighted by atomic mass is 10.4. The van der Waals surface area contributed by atoms with Crippen LogP contribution in [0, 0.1) is 0 Å². The largest absolute Gasteiger partial charge is 0.348 e. The molecule has 19 heavy (non-hydrogen) atoms. The van der Waals surface area contributed by atoms with E-state index in [0.717, 1.165) is 5.69 Å². The van der Waals surface area contributed by atoms with Gasteiger partial charge in [0.05, 0.1) is 12.2 Å². The molecular weight excluding hydrogens is 246 g/mol. The molecule has 0 saturated heterocycles. The van der Waals surface area contributed by atoms with E-state index in [2.05, 4.69) is 30.8 Å². The van der Waals surface area contributed by atoms with Gasteiger partial charge in [-0.2, -0.15) is 20.1 Å². The van der Waals surface area contributed by atoms with E-state index in [9.17, 15) is 0 Å². The number of rotatable bonds is 5. The zero-order valence-corrected chi connectivity index (χ0v) is 11.1. The van der Waals surface area contributed by atoms with Crippen molar-refractivity contribution in [2.24, 2.45) is 12.9 Å². The Morgan fingerprint density at radius 2 is 2.00 bits per heavy atom. The number of hydrogen-bond donors (Lipinski definition) is 3. The van der Waals surface area contributed by atoms with Crippen molar-refractivity contribution in [1.82, 2.24) is 24.7 Å². The Morgan fingerprint density at radius 1 is 1.26 bits per heavy atom. The van der Waals surface area contributed by atoms with Crippen LogP contribution in [0.1, 0.15) is 5.69 Å². The SMILES string of the molecule is CN(C)c1nc(NN)nc(NCc2ccnn2C)n1. The molecule has 0 saturated carbocycles. The molecule has 0 aliphatic carbocycles. The number of nitrogens with two attached hydrogens (primary N) is 1. The van der Waals surface area contributed by atoms with E-state index in [1.807, 2.05) is 27.2 Å². The van der Waals surface area contributed by atoms with Gasteiger partial charge in [-0.25, -0.2) is 5.84 Å². The predicted octanol–water partition coefficient (Wildman–Crippen LogP) is -0.431. The smallest absolute Gasteiger partial charge is 0.243 e. The van der Waals surface area contributed by atoms with Crippen LogP contribution in [0.5, 0.6) is 0 Å². The lowest BCUT2D eigenvalue weighted by Gasteiger charge is -2.13. The molecule has 2 aromatic heterocycles. The second-order valence-corrected chi connectivity index (χ2v) is 4.12. The fourth-order valence-electron chi connectivity index (χ4n) is 1.45. The van der Waals surface area contributed by atoms with Gasteiger partial charge in [-0.3, -0.25) is 10.1 Å². The summed E-state index contributed by atoms with van der Waals surface area (Å²) in [6.45, 7) is 0.567. The van der Waals surface area contributed by atoms with Crippen LogP contribution in [0.15, 0.2) is 12.3 Å². The summed E-state index contributed by atoms with van der Waals surface area (Å²) in [5.74, 6) is 6.63. The Bertz CT molecular complexity index is 548. The van der Waals surface area contributed by atoms with Gasteiger partial charge in [0.25, 0.3) is 0 Å². The normalized spacial score (nSPS) is 10.3. The van der Waals surface area contributed by atoms with E-state index in [1.54, 1.807) is 15.8 Å². The van der Waals surface area contributed by atoms with Crippen molar-refractivity contribution in [3.05, 3.63) is 18.0 Å². The van der Waals surface area contributed by atoms with Crippen LogP contribution in [0.2, 0.25) is 0 Å². The summed E-state index contributed by atoms with van der Waals surface area (Å²) in [5.41, 5.74) is 3.44. The maximum atomic E-state index is 5.34. The van der Waals surface area contributed by atoms with Crippen molar-refractivity contribution in [3.63, 3.8) is 0 Å². The van der Waals surface area contributed by atoms with Gasteiger partial charge < -0.3 is 10.2 Å². The molecule has 0 fully saturated rings. The predicted molar refractivity (Wildman–Crippen MR) is 72.5 cm³/mol. The number of hydrazine groups is 1. The molecule has 0 bridgehead atoms. The molecule has 0 unspecified atom stereocenters. The number of nitrogens with one attached hydrogen (secondary N) is 2. The molecule has 0 radical (unpaired) electrons. The molecule has 0 aromatic carbocycles. The first-order valence-corrected chi connectivity index (χ1v) is 5.71. The van der Waals surface area contributed by atoms with Crippen molar-refractivity contribution in [2.45, 2.75) is 6.54 Å². The highest BCUT2D eigenvalue weighted by Crippen LogP contribution is 2.11. The fraction of sp³-hybridized carbons (Fsp3) is 0.400. The summed E-state index contributed by atoms with van der Waals surface area (Å²) < 4.78 is 1.78. The van der Waals surface area contributed by atoms with E-state index in [4.69, 9.17) is 5.84 Å². The average molecular weight is 263 g/mol. The first kappa shape index (κ1) is 13.0. The van der Waals surface area contributed by atoms with Crippen LogP contribution >= 0.6 is 0 Å². The van der Waals surface area contributed by atoms with Crippen LogP contribution in [0.3, 0.4) is 0 Å². The highest BCUT2D eigenvalue weighted by atomic mass is 15.4. The Hall–Kier alpha value is -2.42. The molecule has 4 N–H and O–H groups in total. The molecule has 0 spiro atoms. The molecule has 9 heteroatoms. The number of aryl methyl sites for hydroxylation is 1. The van der Waals surface area contributed by atoms with Gasteiger partial charge in [0.15, 0.2) is 0 Å². The standard InChI is InChI=1S/C10H17N9/c1-18(2)10-15-8(14-9(16-10)17-11)12-6-7-4-5-13-19(7)3/h4-5H,6,11H2,1-3H3,(H2,12,14,15,16,17). The molecular formula is C10H17N9. The van der Waals surface area contributed by atoms with Crippen molar-refractivity contribution in [3.8, 4) is 0 Å². The minimum absolute atomic E-state index is 0.311. The van der Waals surface area contributed by atoms with Crippen molar-refractivity contribution < 1.29 is 0 Å². The number of aromatic nitrogens is 5. The first-order chi connectivity index (χ1) is 9.10. The summed E-state index contributed by atoms with van der Waals surface area (Å²) in [6, 6.07) is 1.92. The summed E-state index contributed by atoms with van der Waals surface area (Å²) in [6.07, 6.45) is 1.74.